The van der Waals surface area contributed by atoms with Gasteiger partial charge in [-0.2, -0.15) is 10.4 Å². The highest BCUT2D eigenvalue weighted by Gasteiger charge is 2.24. The van der Waals surface area contributed by atoms with Crippen LogP contribution in [0.15, 0.2) is 12.3 Å². The lowest BCUT2D eigenvalue weighted by atomic mass is 10.1. The fourth-order valence-corrected chi connectivity index (χ4v) is 3.35. The normalized spacial score (nSPS) is 19.3. The Bertz CT molecular complexity index is 705. The van der Waals surface area contributed by atoms with Crippen LogP contribution in [0.2, 0.25) is 0 Å². The highest BCUT2D eigenvalue weighted by atomic mass is 15.4. The molecule has 1 saturated heterocycles. The molecule has 22 heavy (non-hydrogen) atoms. The largest absolute Gasteiger partial charge is 0.342 e. The van der Waals surface area contributed by atoms with Crippen molar-refractivity contribution in [1.29, 1.82) is 5.26 Å². The standard InChI is InChI=1S/C16H22N6/c1-12-18-13(2)22(19-12)15-5-4-6-21(11-15)10-14-7-16(8-17)20(3)9-14/h7,9,15H,4-6,10-11H2,1-3H3. The first-order valence-electron chi connectivity index (χ1n) is 7.74. The van der Waals surface area contributed by atoms with E-state index in [1.54, 1.807) is 0 Å². The average molecular weight is 298 g/mol. The van der Waals surface area contributed by atoms with Crippen LogP contribution in [0.3, 0.4) is 0 Å². The second-order valence-electron chi connectivity index (χ2n) is 6.14. The van der Waals surface area contributed by atoms with E-state index in [9.17, 15) is 0 Å². The number of likely N-dealkylation sites (tertiary alicyclic amines) is 1. The molecule has 0 amide bonds. The third kappa shape index (κ3) is 2.90. The summed E-state index contributed by atoms with van der Waals surface area (Å²) in [6.07, 6.45) is 4.37. The molecule has 3 rings (SSSR count). The number of piperidine rings is 1. The van der Waals surface area contributed by atoms with Crippen LogP contribution < -0.4 is 0 Å². The Morgan fingerprint density at radius 2 is 2.23 bits per heavy atom. The zero-order chi connectivity index (χ0) is 15.7. The van der Waals surface area contributed by atoms with Crippen LogP contribution in [0, 0.1) is 25.2 Å². The molecule has 0 saturated carbocycles. The van der Waals surface area contributed by atoms with Gasteiger partial charge in [-0.05, 0) is 44.9 Å². The van der Waals surface area contributed by atoms with Crippen LogP contribution in [0.5, 0.6) is 0 Å². The van der Waals surface area contributed by atoms with Crippen LogP contribution >= 0.6 is 0 Å². The Morgan fingerprint density at radius 3 is 2.86 bits per heavy atom. The van der Waals surface area contributed by atoms with Gasteiger partial charge in [-0.3, -0.25) is 4.90 Å². The summed E-state index contributed by atoms with van der Waals surface area (Å²) >= 11 is 0. The minimum absolute atomic E-state index is 0.397. The number of aryl methyl sites for hydroxylation is 3. The maximum Gasteiger partial charge on any atom is 0.147 e. The van der Waals surface area contributed by atoms with E-state index in [0.717, 1.165) is 37.7 Å². The van der Waals surface area contributed by atoms with Gasteiger partial charge in [0.15, 0.2) is 0 Å². The van der Waals surface area contributed by atoms with Crippen molar-refractivity contribution >= 4 is 0 Å². The topological polar surface area (TPSA) is 62.7 Å². The summed E-state index contributed by atoms with van der Waals surface area (Å²) in [5, 5.41) is 13.6. The molecular formula is C16H22N6. The Labute approximate surface area is 131 Å². The summed E-state index contributed by atoms with van der Waals surface area (Å²) in [7, 11) is 1.92. The van der Waals surface area contributed by atoms with Crippen LogP contribution in [0.1, 0.15) is 41.8 Å². The molecule has 2 aromatic heterocycles. The van der Waals surface area contributed by atoms with Crippen LogP contribution in [0.4, 0.5) is 0 Å². The van der Waals surface area contributed by atoms with E-state index in [2.05, 4.69) is 25.7 Å². The quantitative estimate of drug-likeness (QED) is 0.869. The van der Waals surface area contributed by atoms with Crippen molar-refractivity contribution in [1.82, 2.24) is 24.2 Å². The predicted molar refractivity (Wildman–Crippen MR) is 83.2 cm³/mol. The SMILES string of the molecule is Cc1nc(C)n(C2CCCN(Cc3cc(C#N)n(C)c3)C2)n1. The number of hydrogen-bond acceptors (Lipinski definition) is 4. The first kappa shape index (κ1) is 14.8. The molecule has 0 aliphatic carbocycles. The van der Waals surface area contributed by atoms with Crippen molar-refractivity contribution in [3.8, 4) is 6.07 Å². The number of nitrogens with zero attached hydrogens (tertiary/aromatic N) is 6. The van der Waals surface area contributed by atoms with E-state index < -0.39 is 0 Å². The summed E-state index contributed by atoms with van der Waals surface area (Å²) in [6, 6.07) is 4.60. The Morgan fingerprint density at radius 1 is 1.41 bits per heavy atom. The molecule has 3 heterocycles. The second-order valence-corrected chi connectivity index (χ2v) is 6.14. The minimum atomic E-state index is 0.397. The number of hydrogen-bond donors (Lipinski definition) is 0. The Balaban J connectivity index is 1.70. The van der Waals surface area contributed by atoms with Crippen molar-refractivity contribution in [3.63, 3.8) is 0 Å². The monoisotopic (exact) mass is 298 g/mol. The van der Waals surface area contributed by atoms with E-state index >= 15 is 0 Å². The molecule has 1 fully saturated rings. The van der Waals surface area contributed by atoms with E-state index in [-0.39, 0.29) is 0 Å². The van der Waals surface area contributed by atoms with Crippen molar-refractivity contribution < 1.29 is 0 Å². The maximum atomic E-state index is 9.06. The third-order valence-corrected chi connectivity index (χ3v) is 4.32. The van der Waals surface area contributed by atoms with E-state index in [1.807, 2.05) is 37.7 Å². The van der Waals surface area contributed by atoms with Crippen molar-refractivity contribution in [2.75, 3.05) is 13.1 Å². The lowest BCUT2D eigenvalue weighted by Gasteiger charge is -2.32. The molecule has 116 valence electrons. The number of aromatic nitrogens is 4. The van der Waals surface area contributed by atoms with Gasteiger partial charge < -0.3 is 4.57 Å². The van der Waals surface area contributed by atoms with Crippen LogP contribution in [-0.2, 0) is 13.6 Å². The van der Waals surface area contributed by atoms with Gasteiger partial charge in [-0.1, -0.05) is 0 Å². The maximum absolute atomic E-state index is 9.06. The van der Waals surface area contributed by atoms with Gasteiger partial charge in [-0.15, -0.1) is 0 Å². The molecule has 0 aromatic carbocycles. The summed E-state index contributed by atoms with van der Waals surface area (Å²) in [6.45, 7) is 6.94. The highest BCUT2D eigenvalue weighted by Crippen LogP contribution is 2.23. The lowest BCUT2D eigenvalue weighted by Crippen LogP contribution is -2.36. The summed E-state index contributed by atoms with van der Waals surface area (Å²) < 4.78 is 3.97. The van der Waals surface area contributed by atoms with Crippen molar-refractivity contribution in [2.24, 2.45) is 7.05 Å². The molecular weight excluding hydrogens is 276 g/mol. The molecule has 1 unspecified atom stereocenters. The molecule has 0 N–H and O–H groups in total. The van der Waals surface area contributed by atoms with Gasteiger partial charge in [0, 0.05) is 26.3 Å². The summed E-state index contributed by atoms with van der Waals surface area (Å²) in [5.41, 5.74) is 1.91. The molecule has 0 bridgehead atoms. The molecule has 1 aliphatic heterocycles. The first-order valence-corrected chi connectivity index (χ1v) is 7.74. The molecule has 6 heteroatoms. The molecule has 1 aliphatic rings. The van der Waals surface area contributed by atoms with Gasteiger partial charge in [0.2, 0.25) is 0 Å². The molecule has 1 atom stereocenters. The zero-order valence-corrected chi connectivity index (χ0v) is 13.5. The lowest BCUT2D eigenvalue weighted by molar-refractivity contribution is 0.161. The minimum Gasteiger partial charge on any atom is -0.342 e. The van der Waals surface area contributed by atoms with Crippen molar-refractivity contribution in [3.05, 3.63) is 35.2 Å². The molecule has 6 nitrogen and oxygen atoms in total. The number of rotatable bonds is 3. The number of nitriles is 1. The molecule has 2 aromatic rings. The van der Waals surface area contributed by atoms with Crippen LogP contribution in [0.25, 0.3) is 0 Å². The van der Waals surface area contributed by atoms with Crippen molar-refractivity contribution in [2.45, 2.75) is 39.3 Å². The fourth-order valence-electron chi connectivity index (χ4n) is 3.35. The van der Waals surface area contributed by atoms with Gasteiger partial charge in [0.25, 0.3) is 0 Å². The molecule has 0 spiro atoms. The van der Waals surface area contributed by atoms with E-state index in [1.165, 1.54) is 12.0 Å². The van der Waals surface area contributed by atoms with Gasteiger partial charge >= 0.3 is 0 Å². The fraction of sp³-hybridized carbons (Fsp3) is 0.562. The van der Waals surface area contributed by atoms with E-state index in [4.69, 9.17) is 5.26 Å². The van der Waals surface area contributed by atoms with Gasteiger partial charge in [-0.25, -0.2) is 9.67 Å². The second kappa shape index (κ2) is 5.93. The third-order valence-electron chi connectivity index (χ3n) is 4.32. The predicted octanol–water partition coefficient (Wildman–Crippen LogP) is 1.94. The zero-order valence-electron chi connectivity index (χ0n) is 13.5. The average Bonchev–Trinajstić information content (AvgIpc) is 3.01. The van der Waals surface area contributed by atoms with Gasteiger partial charge in [0.05, 0.1) is 6.04 Å². The summed E-state index contributed by atoms with van der Waals surface area (Å²) in [4.78, 5) is 6.86. The Kier molecular flexibility index (Phi) is 3.99. The Hall–Kier alpha value is -2.13. The van der Waals surface area contributed by atoms with E-state index in [0.29, 0.717) is 11.7 Å². The smallest absolute Gasteiger partial charge is 0.147 e. The summed E-state index contributed by atoms with van der Waals surface area (Å²) in [5.74, 6) is 1.84. The highest BCUT2D eigenvalue weighted by molar-refractivity contribution is 5.28. The molecule has 0 radical (unpaired) electrons. The first-order chi connectivity index (χ1) is 10.6. The van der Waals surface area contributed by atoms with Crippen LogP contribution in [-0.4, -0.2) is 37.3 Å². The van der Waals surface area contributed by atoms with Gasteiger partial charge in [0.1, 0.15) is 23.4 Å².